The van der Waals surface area contributed by atoms with Gasteiger partial charge in [0.15, 0.2) is 11.6 Å². The number of halogens is 1. The number of benzene rings is 1. The third-order valence-corrected chi connectivity index (χ3v) is 2.70. The van der Waals surface area contributed by atoms with Crippen LogP contribution in [0.1, 0.15) is 18.4 Å². The van der Waals surface area contributed by atoms with Gasteiger partial charge in [0.25, 0.3) is 0 Å². The van der Waals surface area contributed by atoms with Crippen molar-refractivity contribution in [1.29, 1.82) is 0 Å². The summed E-state index contributed by atoms with van der Waals surface area (Å²) in [6.45, 7) is 1.08. The van der Waals surface area contributed by atoms with Gasteiger partial charge in [-0.3, -0.25) is 0 Å². The quantitative estimate of drug-likeness (QED) is 0.812. The average Bonchev–Trinajstić information content (AvgIpc) is 2.41. The van der Waals surface area contributed by atoms with Crippen molar-refractivity contribution in [3.05, 3.63) is 29.6 Å². The Hall–Kier alpha value is -1.57. The molecule has 4 heteroatoms. The van der Waals surface area contributed by atoms with Crippen molar-refractivity contribution < 1.29 is 19.0 Å². The Labute approximate surface area is 106 Å². The van der Waals surface area contributed by atoms with Gasteiger partial charge in [0.1, 0.15) is 12.7 Å². The highest BCUT2D eigenvalue weighted by Crippen LogP contribution is 2.22. The van der Waals surface area contributed by atoms with Crippen molar-refractivity contribution in [1.82, 2.24) is 0 Å². The van der Waals surface area contributed by atoms with E-state index in [1.165, 1.54) is 6.07 Å². The monoisotopic (exact) mass is 250 g/mol. The number of hydrogen-bond donors (Lipinski definition) is 1. The van der Waals surface area contributed by atoms with Gasteiger partial charge in [0, 0.05) is 18.4 Å². The van der Waals surface area contributed by atoms with Crippen LogP contribution in [0.4, 0.5) is 4.39 Å². The molecule has 1 aromatic carbocycles. The fraction of sp³-hybridized carbons (Fsp3) is 0.429. The lowest BCUT2D eigenvalue weighted by Crippen LogP contribution is -2.26. The van der Waals surface area contributed by atoms with E-state index < -0.39 is 5.82 Å². The van der Waals surface area contributed by atoms with Crippen LogP contribution in [0.3, 0.4) is 0 Å². The van der Waals surface area contributed by atoms with Crippen molar-refractivity contribution in [3.63, 3.8) is 0 Å². The van der Waals surface area contributed by atoms with Crippen LogP contribution in [-0.2, 0) is 4.74 Å². The van der Waals surface area contributed by atoms with E-state index in [-0.39, 0.29) is 18.5 Å². The Balaban J connectivity index is 2.10. The minimum Gasteiger partial charge on any atom is -0.487 e. The normalized spacial score (nSPS) is 15.9. The Morgan fingerprint density at radius 2 is 2.17 bits per heavy atom. The molecule has 1 fully saturated rings. The second kappa shape index (κ2) is 6.39. The van der Waals surface area contributed by atoms with Gasteiger partial charge < -0.3 is 14.6 Å². The molecule has 0 radical (unpaired) electrons. The summed E-state index contributed by atoms with van der Waals surface area (Å²) in [7, 11) is 0. The molecule has 0 bridgehead atoms. The van der Waals surface area contributed by atoms with E-state index in [1.807, 2.05) is 0 Å². The molecule has 0 atom stereocenters. The van der Waals surface area contributed by atoms with Crippen LogP contribution in [0.2, 0.25) is 0 Å². The summed E-state index contributed by atoms with van der Waals surface area (Å²) in [5, 5.41) is 8.62. The van der Waals surface area contributed by atoms with E-state index >= 15 is 0 Å². The minimum absolute atomic E-state index is 0.00528. The molecule has 1 aliphatic heterocycles. The minimum atomic E-state index is -0.393. The number of aliphatic hydroxyl groups is 1. The van der Waals surface area contributed by atoms with Crippen molar-refractivity contribution in [2.45, 2.75) is 18.9 Å². The standard InChI is InChI=1S/C14H15FO3/c15-13-4-3-11(2-1-7-16)10-14(13)18-12-5-8-17-9-6-12/h3-4,10,12,16H,5-9H2. The fourth-order valence-corrected chi connectivity index (χ4v) is 1.79. The Morgan fingerprint density at radius 1 is 1.39 bits per heavy atom. The highest BCUT2D eigenvalue weighted by Gasteiger charge is 2.17. The smallest absolute Gasteiger partial charge is 0.165 e. The molecule has 0 amide bonds. The molecule has 18 heavy (non-hydrogen) atoms. The first-order valence-electron chi connectivity index (χ1n) is 5.93. The van der Waals surface area contributed by atoms with Gasteiger partial charge in [-0.25, -0.2) is 4.39 Å². The van der Waals surface area contributed by atoms with E-state index in [0.29, 0.717) is 18.8 Å². The zero-order chi connectivity index (χ0) is 12.8. The molecule has 0 aliphatic carbocycles. The Kier molecular flexibility index (Phi) is 4.57. The first kappa shape index (κ1) is 12.9. The van der Waals surface area contributed by atoms with Gasteiger partial charge in [-0.05, 0) is 18.2 Å². The summed E-state index contributed by atoms with van der Waals surface area (Å²) in [6, 6.07) is 4.46. The number of aliphatic hydroxyl groups excluding tert-OH is 1. The van der Waals surface area contributed by atoms with Gasteiger partial charge in [-0.2, -0.15) is 0 Å². The number of hydrogen-bond acceptors (Lipinski definition) is 3. The van der Waals surface area contributed by atoms with Crippen LogP contribution >= 0.6 is 0 Å². The van der Waals surface area contributed by atoms with Crippen molar-refractivity contribution in [3.8, 4) is 17.6 Å². The largest absolute Gasteiger partial charge is 0.487 e. The van der Waals surface area contributed by atoms with E-state index in [1.54, 1.807) is 12.1 Å². The van der Waals surface area contributed by atoms with Crippen LogP contribution < -0.4 is 4.74 Å². The summed E-state index contributed by atoms with van der Waals surface area (Å²) in [5.74, 6) is 5.07. The summed E-state index contributed by atoms with van der Waals surface area (Å²) in [5.41, 5.74) is 0.632. The lowest BCUT2D eigenvalue weighted by Gasteiger charge is -2.23. The lowest BCUT2D eigenvalue weighted by molar-refractivity contribution is 0.0240. The van der Waals surface area contributed by atoms with Crippen LogP contribution in [0.15, 0.2) is 18.2 Å². The van der Waals surface area contributed by atoms with Gasteiger partial charge in [-0.1, -0.05) is 11.8 Å². The molecule has 0 saturated carbocycles. The molecule has 1 saturated heterocycles. The van der Waals surface area contributed by atoms with E-state index in [9.17, 15) is 4.39 Å². The highest BCUT2D eigenvalue weighted by atomic mass is 19.1. The Bertz CT molecular complexity index is 456. The molecule has 96 valence electrons. The highest BCUT2D eigenvalue weighted by molar-refractivity contribution is 5.40. The predicted molar refractivity (Wildman–Crippen MR) is 64.8 cm³/mol. The summed E-state index contributed by atoms with van der Waals surface area (Å²) < 4.78 is 24.4. The van der Waals surface area contributed by atoms with E-state index in [0.717, 1.165) is 12.8 Å². The molecule has 1 N–H and O–H groups in total. The molecule has 0 unspecified atom stereocenters. The van der Waals surface area contributed by atoms with Gasteiger partial charge in [0.05, 0.1) is 13.2 Å². The number of ether oxygens (including phenoxy) is 2. The summed E-state index contributed by atoms with van der Waals surface area (Å²) >= 11 is 0. The molecule has 0 aromatic heterocycles. The SMILES string of the molecule is OCC#Cc1ccc(F)c(OC2CCOCC2)c1. The lowest BCUT2D eigenvalue weighted by atomic mass is 10.1. The Morgan fingerprint density at radius 3 is 2.89 bits per heavy atom. The van der Waals surface area contributed by atoms with Crippen molar-refractivity contribution in [2.75, 3.05) is 19.8 Å². The molecule has 0 spiro atoms. The third kappa shape index (κ3) is 3.46. The van der Waals surface area contributed by atoms with Crippen LogP contribution in [0, 0.1) is 17.7 Å². The zero-order valence-corrected chi connectivity index (χ0v) is 9.99. The zero-order valence-electron chi connectivity index (χ0n) is 9.99. The van der Waals surface area contributed by atoms with Crippen molar-refractivity contribution in [2.24, 2.45) is 0 Å². The maximum absolute atomic E-state index is 13.6. The molecule has 3 nitrogen and oxygen atoms in total. The summed E-state index contributed by atoms with van der Waals surface area (Å²) in [4.78, 5) is 0. The van der Waals surface area contributed by atoms with Crippen LogP contribution in [-0.4, -0.2) is 31.0 Å². The number of rotatable bonds is 2. The summed E-state index contributed by atoms with van der Waals surface area (Å²) in [6.07, 6.45) is 1.53. The van der Waals surface area contributed by atoms with Crippen LogP contribution in [0.25, 0.3) is 0 Å². The molecule has 2 rings (SSSR count). The molecular weight excluding hydrogens is 235 g/mol. The van der Waals surface area contributed by atoms with Crippen LogP contribution in [0.5, 0.6) is 5.75 Å². The predicted octanol–water partition coefficient (Wildman–Crippen LogP) is 1.73. The topological polar surface area (TPSA) is 38.7 Å². The second-order valence-electron chi connectivity index (χ2n) is 4.03. The second-order valence-corrected chi connectivity index (χ2v) is 4.03. The molecule has 1 aliphatic rings. The average molecular weight is 250 g/mol. The van der Waals surface area contributed by atoms with Gasteiger partial charge >= 0.3 is 0 Å². The van der Waals surface area contributed by atoms with Gasteiger partial charge in [-0.15, -0.1) is 0 Å². The van der Waals surface area contributed by atoms with Crippen molar-refractivity contribution >= 4 is 0 Å². The first-order chi connectivity index (χ1) is 8.79. The maximum atomic E-state index is 13.6. The van der Waals surface area contributed by atoms with E-state index in [2.05, 4.69) is 11.8 Å². The first-order valence-corrected chi connectivity index (χ1v) is 5.93. The molecule has 1 aromatic rings. The maximum Gasteiger partial charge on any atom is 0.165 e. The third-order valence-electron chi connectivity index (χ3n) is 2.70. The molecular formula is C14H15FO3. The fourth-order valence-electron chi connectivity index (χ4n) is 1.79. The molecule has 1 heterocycles. The van der Waals surface area contributed by atoms with E-state index in [4.69, 9.17) is 14.6 Å². The van der Waals surface area contributed by atoms with Gasteiger partial charge in [0.2, 0.25) is 0 Å².